The SMILES string of the molecule is CCS(=O)(=O)c1ccc2oc(SCc3cc(Cl)ccc3OC(F)F)nc2c1. The molecule has 1 aromatic heterocycles. The lowest BCUT2D eigenvalue weighted by molar-refractivity contribution is -0.0503. The first-order valence-electron chi connectivity index (χ1n) is 7.78. The maximum absolute atomic E-state index is 12.5. The number of aromatic nitrogens is 1. The quantitative estimate of drug-likeness (QED) is 0.479. The zero-order chi connectivity index (χ0) is 19.6. The molecule has 5 nitrogen and oxygen atoms in total. The molecule has 10 heteroatoms. The van der Waals surface area contributed by atoms with Gasteiger partial charge < -0.3 is 9.15 Å². The van der Waals surface area contributed by atoms with Gasteiger partial charge in [-0.05, 0) is 36.4 Å². The molecule has 0 saturated heterocycles. The summed E-state index contributed by atoms with van der Waals surface area (Å²) in [4.78, 5) is 4.43. The number of nitrogens with zero attached hydrogens (tertiary/aromatic N) is 1. The van der Waals surface area contributed by atoms with Gasteiger partial charge in [0.15, 0.2) is 15.4 Å². The first-order chi connectivity index (χ1) is 12.8. The number of rotatable bonds is 7. The number of benzene rings is 2. The van der Waals surface area contributed by atoms with Gasteiger partial charge in [0.2, 0.25) is 0 Å². The van der Waals surface area contributed by atoms with Crippen LogP contribution < -0.4 is 4.74 Å². The third kappa shape index (κ3) is 4.72. The zero-order valence-corrected chi connectivity index (χ0v) is 16.4. The highest BCUT2D eigenvalue weighted by atomic mass is 35.5. The van der Waals surface area contributed by atoms with Gasteiger partial charge in [-0.1, -0.05) is 30.3 Å². The molecule has 1 heterocycles. The van der Waals surface area contributed by atoms with Crippen molar-refractivity contribution < 1.29 is 26.4 Å². The summed E-state index contributed by atoms with van der Waals surface area (Å²) in [6.45, 7) is -1.38. The smallest absolute Gasteiger partial charge is 0.387 e. The van der Waals surface area contributed by atoms with E-state index >= 15 is 0 Å². The van der Waals surface area contributed by atoms with E-state index in [1.807, 2.05) is 0 Å². The molecule has 0 aliphatic rings. The fourth-order valence-electron chi connectivity index (χ4n) is 2.32. The Morgan fingerprint density at radius 2 is 2.04 bits per heavy atom. The Kier molecular flexibility index (Phi) is 5.92. The monoisotopic (exact) mass is 433 g/mol. The van der Waals surface area contributed by atoms with Crippen LogP contribution in [0.15, 0.2) is 50.9 Å². The number of oxazole rings is 1. The van der Waals surface area contributed by atoms with Gasteiger partial charge >= 0.3 is 6.61 Å². The summed E-state index contributed by atoms with van der Waals surface area (Å²) in [7, 11) is -3.35. The van der Waals surface area contributed by atoms with Crippen molar-refractivity contribution in [2.75, 3.05) is 5.75 Å². The number of alkyl halides is 2. The second kappa shape index (κ2) is 8.04. The topological polar surface area (TPSA) is 69.4 Å². The Bertz CT molecular complexity index is 1070. The standard InChI is InChI=1S/C17H14ClF2NO4S2/c1-2-27(22,23)12-4-6-15-13(8-12)21-17(25-15)26-9-10-7-11(18)3-5-14(10)24-16(19)20/h3-8,16H,2,9H2,1H3. The van der Waals surface area contributed by atoms with Gasteiger partial charge in [0.25, 0.3) is 5.22 Å². The molecule has 3 rings (SSSR count). The van der Waals surface area contributed by atoms with E-state index < -0.39 is 16.4 Å². The summed E-state index contributed by atoms with van der Waals surface area (Å²) in [5.74, 6) is 0.240. The number of hydrogen-bond acceptors (Lipinski definition) is 6. The molecule has 2 aromatic carbocycles. The van der Waals surface area contributed by atoms with Gasteiger partial charge in [-0.25, -0.2) is 13.4 Å². The van der Waals surface area contributed by atoms with Crippen LogP contribution in [-0.2, 0) is 15.6 Å². The van der Waals surface area contributed by atoms with Crippen molar-refractivity contribution in [3.63, 3.8) is 0 Å². The largest absolute Gasteiger partial charge is 0.435 e. The lowest BCUT2D eigenvalue weighted by atomic mass is 10.2. The molecule has 3 aromatic rings. The van der Waals surface area contributed by atoms with Crippen LogP contribution in [0.25, 0.3) is 11.1 Å². The van der Waals surface area contributed by atoms with Crippen molar-refractivity contribution in [3.05, 3.63) is 47.0 Å². The molecule has 0 saturated carbocycles. The molecule has 0 fully saturated rings. The summed E-state index contributed by atoms with van der Waals surface area (Å²) in [5, 5.41) is 0.665. The van der Waals surface area contributed by atoms with E-state index in [9.17, 15) is 17.2 Å². The van der Waals surface area contributed by atoms with Gasteiger partial charge in [0.1, 0.15) is 11.3 Å². The summed E-state index contributed by atoms with van der Waals surface area (Å²) in [5.41, 5.74) is 1.30. The predicted octanol–water partition coefficient (Wildman–Crippen LogP) is 5.17. The molecule has 0 radical (unpaired) electrons. The molecule has 0 spiro atoms. The summed E-state index contributed by atoms with van der Waals surface area (Å²) >= 11 is 7.08. The van der Waals surface area contributed by atoms with E-state index in [-0.39, 0.29) is 27.4 Å². The van der Waals surface area contributed by atoms with Gasteiger partial charge in [0.05, 0.1) is 10.6 Å². The fourth-order valence-corrected chi connectivity index (χ4v) is 4.23. The first kappa shape index (κ1) is 19.9. The predicted molar refractivity (Wildman–Crippen MR) is 99.4 cm³/mol. The molecule has 0 N–H and O–H groups in total. The Morgan fingerprint density at radius 3 is 2.74 bits per heavy atom. The minimum atomic E-state index is -3.35. The van der Waals surface area contributed by atoms with Crippen LogP contribution in [0.4, 0.5) is 8.78 Å². The molecular formula is C17H14ClF2NO4S2. The molecule has 0 aliphatic carbocycles. The van der Waals surface area contributed by atoms with Crippen LogP contribution in [0.5, 0.6) is 5.75 Å². The van der Waals surface area contributed by atoms with Gasteiger partial charge in [-0.2, -0.15) is 8.78 Å². The fraction of sp³-hybridized carbons (Fsp3) is 0.235. The maximum atomic E-state index is 12.5. The van der Waals surface area contributed by atoms with Crippen LogP contribution in [-0.4, -0.2) is 25.8 Å². The maximum Gasteiger partial charge on any atom is 0.387 e. The second-order valence-electron chi connectivity index (χ2n) is 5.43. The van der Waals surface area contributed by atoms with Gasteiger partial charge in [-0.15, -0.1) is 0 Å². The van der Waals surface area contributed by atoms with Crippen LogP contribution in [0.3, 0.4) is 0 Å². The molecule has 0 bridgehead atoms. The van der Waals surface area contributed by atoms with E-state index in [1.54, 1.807) is 13.0 Å². The summed E-state index contributed by atoms with van der Waals surface area (Å²) < 4.78 is 59.1. The number of fused-ring (bicyclic) bond motifs is 1. The minimum absolute atomic E-state index is 0.0142. The minimum Gasteiger partial charge on any atom is -0.435 e. The van der Waals surface area contributed by atoms with Crippen molar-refractivity contribution in [3.8, 4) is 5.75 Å². The van der Waals surface area contributed by atoms with Crippen molar-refractivity contribution in [1.29, 1.82) is 0 Å². The Hall–Kier alpha value is -1.84. The third-order valence-corrected chi connectivity index (χ3v) is 6.51. The lowest BCUT2D eigenvalue weighted by Crippen LogP contribution is -2.04. The summed E-state index contributed by atoms with van der Waals surface area (Å²) in [6, 6.07) is 8.82. The molecule has 0 unspecified atom stereocenters. The number of halogens is 3. The van der Waals surface area contributed by atoms with Crippen LogP contribution in [0.1, 0.15) is 12.5 Å². The lowest BCUT2D eigenvalue weighted by Gasteiger charge is -2.10. The van der Waals surface area contributed by atoms with Crippen molar-refractivity contribution in [1.82, 2.24) is 4.98 Å². The van der Waals surface area contributed by atoms with E-state index in [0.29, 0.717) is 21.7 Å². The Morgan fingerprint density at radius 1 is 1.26 bits per heavy atom. The summed E-state index contributed by atoms with van der Waals surface area (Å²) in [6.07, 6.45) is 0. The molecule has 0 aliphatic heterocycles. The van der Waals surface area contributed by atoms with Crippen LogP contribution in [0, 0.1) is 0 Å². The molecule has 0 atom stereocenters. The molecule has 27 heavy (non-hydrogen) atoms. The van der Waals surface area contributed by atoms with Crippen LogP contribution in [0.2, 0.25) is 5.02 Å². The number of ether oxygens (including phenoxy) is 1. The second-order valence-corrected chi connectivity index (χ2v) is 9.07. The highest BCUT2D eigenvalue weighted by Crippen LogP contribution is 2.32. The van der Waals surface area contributed by atoms with Crippen molar-refractivity contribution in [2.45, 2.75) is 29.4 Å². The average molecular weight is 434 g/mol. The number of thioether (sulfide) groups is 1. The normalized spacial score (nSPS) is 12.0. The molecule has 0 amide bonds. The van der Waals surface area contributed by atoms with Crippen LogP contribution >= 0.6 is 23.4 Å². The average Bonchev–Trinajstić information content (AvgIpc) is 3.03. The van der Waals surface area contributed by atoms with E-state index in [4.69, 9.17) is 16.0 Å². The number of sulfone groups is 1. The van der Waals surface area contributed by atoms with Gasteiger partial charge in [-0.3, -0.25) is 0 Å². The van der Waals surface area contributed by atoms with Crippen molar-refractivity contribution in [2.24, 2.45) is 0 Å². The Labute approximate surface area is 163 Å². The zero-order valence-electron chi connectivity index (χ0n) is 14.0. The Balaban J connectivity index is 1.83. The molecule has 144 valence electrons. The van der Waals surface area contributed by atoms with Crippen molar-refractivity contribution >= 4 is 44.3 Å². The van der Waals surface area contributed by atoms with E-state index in [1.165, 1.54) is 30.3 Å². The van der Waals surface area contributed by atoms with E-state index in [0.717, 1.165) is 11.8 Å². The highest BCUT2D eigenvalue weighted by Gasteiger charge is 2.16. The van der Waals surface area contributed by atoms with E-state index in [2.05, 4.69) is 9.72 Å². The van der Waals surface area contributed by atoms with Gasteiger partial charge in [0, 0.05) is 16.3 Å². The first-order valence-corrected chi connectivity index (χ1v) is 10.8. The molecular weight excluding hydrogens is 420 g/mol. The third-order valence-electron chi connectivity index (χ3n) is 3.67. The highest BCUT2D eigenvalue weighted by molar-refractivity contribution is 7.98. The number of hydrogen-bond donors (Lipinski definition) is 0.